The Morgan fingerprint density at radius 3 is 2.80 bits per heavy atom. The molecule has 0 aliphatic carbocycles. The van der Waals surface area contributed by atoms with E-state index in [-0.39, 0.29) is 11.4 Å². The summed E-state index contributed by atoms with van der Waals surface area (Å²) < 4.78 is 19.3. The van der Waals surface area contributed by atoms with Gasteiger partial charge in [0.1, 0.15) is 5.60 Å². The van der Waals surface area contributed by atoms with E-state index in [0.29, 0.717) is 5.75 Å². The van der Waals surface area contributed by atoms with E-state index in [1.54, 1.807) is 6.07 Å². The maximum absolute atomic E-state index is 13.5. The van der Waals surface area contributed by atoms with Crippen molar-refractivity contribution in [2.45, 2.75) is 24.9 Å². The molecule has 0 amide bonds. The number of hydrogen-bond acceptors (Lipinski definition) is 2. The molecule has 1 aromatic carbocycles. The molecule has 2 heterocycles. The molecule has 0 saturated carbocycles. The molecule has 15 heavy (non-hydrogen) atoms. The fourth-order valence-corrected chi connectivity index (χ4v) is 2.57. The van der Waals surface area contributed by atoms with Crippen molar-refractivity contribution in [3.63, 3.8) is 0 Å². The number of piperidine rings is 1. The van der Waals surface area contributed by atoms with Crippen molar-refractivity contribution in [1.82, 2.24) is 5.32 Å². The van der Waals surface area contributed by atoms with Crippen LogP contribution in [0.25, 0.3) is 0 Å². The zero-order chi connectivity index (χ0) is 10.3. The molecule has 0 atom stereocenters. The SMILES string of the molecule is Fc1cccc2c1OC1(CCNCC1)C2. The van der Waals surface area contributed by atoms with Gasteiger partial charge in [-0.1, -0.05) is 12.1 Å². The van der Waals surface area contributed by atoms with Gasteiger partial charge in [0, 0.05) is 12.0 Å². The van der Waals surface area contributed by atoms with Crippen molar-refractivity contribution < 1.29 is 9.13 Å². The quantitative estimate of drug-likeness (QED) is 0.701. The van der Waals surface area contributed by atoms with E-state index in [4.69, 9.17) is 4.74 Å². The highest BCUT2D eigenvalue weighted by atomic mass is 19.1. The second-order valence-electron chi connectivity index (χ2n) is 4.44. The molecule has 1 aromatic rings. The van der Waals surface area contributed by atoms with Gasteiger partial charge in [-0.05, 0) is 32.0 Å². The summed E-state index contributed by atoms with van der Waals surface area (Å²) in [4.78, 5) is 0. The summed E-state index contributed by atoms with van der Waals surface area (Å²) in [5, 5.41) is 3.30. The van der Waals surface area contributed by atoms with Crippen molar-refractivity contribution in [1.29, 1.82) is 0 Å². The lowest BCUT2D eigenvalue weighted by Gasteiger charge is -2.33. The molecule has 1 N–H and O–H groups in total. The Hall–Kier alpha value is -1.09. The molecular formula is C12H14FNO. The number of rotatable bonds is 0. The predicted molar refractivity (Wildman–Crippen MR) is 55.6 cm³/mol. The van der Waals surface area contributed by atoms with Crippen LogP contribution in [0.15, 0.2) is 18.2 Å². The highest BCUT2D eigenvalue weighted by molar-refractivity contribution is 5.40. The van der Waals surface area contributed by atoms with E-state index >= 15 is 0 Å². The van der Waals surface area contributed by atoms with Crippen LogP contribution < -0.4 is 10.1 Å². The molecule has 0 bridgehead atoms. The molecule has 0 aromatic heterocycles. The van der Waals surface area contributed by atoms with Crippen molar-refractivity contribution in [3.05, 3.63) is 29.6 Å². The highest BCUT2D eigenvalue weighted by Crippen LogP contribution is 2.41. The first-order valence-electron chi connectivity index (χ1n) is 5.46. The molecule has 80 valence electrons. The minimum Gasteiger partial charge on any atom is -0.483 e. The summed E-state index contributed by atoms with van der Waals surface area (Å²) in [6.45, 7) is 1.94. The fourth-order valence-electron chi connectivity index (χ4n) is 2.57. The molecule has 2 nitrogen and oxygen atoms in total. The van der Waals surface area contributed by atoms with Crippen LogP contribution >= 0.6 is 0 Å². The Kier molecular flexibility index (Phi) is 1.96. The number of halogens is 1. The number of benzene rings is 1. The highest BCUT2D eigenvalue weighted by Gasteiger charge is 2.41. The largest absolute Gasteiger partial charge is 0.483 e. The van der Waals surface area contributed by atoms with Crippen LogP contribution in [0.2, 0.25) is 0 Å². The Labute approximate surface area is 88.4 Å². The van der Waals surface area contributed by atoms with Gasteiger partial charge in [-0.15, -0.1) is 0 Å². The minimum absolute atomic E-state index is 0.129. The van der Waals surface area contributed by atoms with Crippen LogP contribution in [0.5, 0.6) is 5.75 Å². The summed E-state index contributed by atoms with van der Waals surface area (Å²) in [6.07, 6.45) is 2.81. The van der Waals surface area contributed by atoms with Crippen LogP contribution in [-0.4, -0.2) is 18.7 Å². The lowest BCUT2D eigenvalue weighted by molar-refractivity contribution is 0.0567. The van der Waals surface area contributed by atoms with E-state index < -0.39 is 0 Å². The zero-order valence-electron chi connectivity index (χ0n) is 8.55. The van der Waals surface area contributed by atoms with Crippen molar-refractivity contribution in [2.24, 2.45) is 0 Å². The Morgan fingerprint density at radius 2 is 2.07 bits per heavy atom. The first-order chi connectivity index (χ1) is 7.29. The molecule has 1 saturated heterocycles. The third-order valence-corrected chi connectivity index (χ3v) is 3.39. The second-order valence-corrected chi connectivity index (χ2v) is 4.44. The number of para-hydroxylation sites is 1. The molecule has 0 radical (unpaired) electrons. The van der Waals surface area contributed by atoms with E-state index in [9.17, 15) is 4.39 Å². The van der Waals surface area contributed by atoms with Crippen LogP contribution in [-0.2, 0) is 6.42 Å². The second kappa shape index (κ2) is 3.20. The third kappa shape index (κ3) is 1.42. The number of fused-ring (bicyclic) bond motifs is 1. The zero-order valence-corrected chi connectivity index (χ0v) is 8.55. The summed E-state index contributed by atoms with van der Waals surface area (Å²) >= 11 is 0. The standard InChI is InChI=1S/C12H14FNO/c13-10-3-1-2-9-8-12(15-11(9)10)4-6-14-7-5-12/h1-3,14H,4-8H2. The van der Waals surface area contributed by atoms with Crippen molar-refractivity contribution in [2.75, 3.05) is 13.1 Å². The summed E-state index contributed by atoms with van der Waals surface area (Å²) in [5.41, 5.74) is 0.896. The Balaban J connectivity index is 1.94. The number of ether oxygens (including phenoxy) is 1. The van der Waals surface area contributed by atoms with Gasteiger partial charge in [0.25, 0.3) is 0 Å². The summed E-state index contributed by atoms with van der Waals surface area (Å²) in [7, 11) is 0. The van der Waals surface area contributed by atoms with Gasteiger partial charge >= 0.3 is 0 Å². The molecular weight excluding hydrogens is 193 g/mol. The average molecular weight is 207 g/mol. The van der Waals surface area contributed by atoms with E-state index in [1.165, 1.54) is 6.07 Å². The molecule has 2 aliphatic heterocycles. The van der Waals surface area contributed by atoms with E-state index in [1.807, 2.05) is 6.07 Å². The van der Waals surface area contributed by atoms with Gasteiger partial charge in [-0.2, -0.15) is 0 Å². The van der Waals surface area contributed by atoms with E-state index in [2.05, 4.69) is 5.32 Å². The Bertz CT molecular complexity index is 385. The minimum atomic E-state index is -0.220. The molecule has 0 unspecified atom stereocenters. The molecule has 1 fully saturated rings. The summed E-state index contributed by atoms with van der Waals surface area (Å²) in [6, 6.07) is 5.20. The van der Waals surface area contributed by atoms with E-state index in [0.717, 1.165) is 37.9 Å². The molecule has 2 aliphatic rings. The van der Waals surface area contributed by atoms with Crippen LogP contribution in [0, 0.1) is 5.82 Å². The molecule has 3 heteroatoms. The van der Waals surface area contributed by atoms with Gasteiger partial charge < -0.3 is 10.1 Å². The number of nitrogens with one attached hydrogen (secondary N) is 1. The predicted octanol–water partition coefficient (Wildman–Crippen LogP) is 1.88. The third-order valence-electron chi connectivity index (χ3n) is 3.39. The molecule has 3 rings (SSSR count). The monoisotopic (exact) mass is 207 g/mol. The van der Waals surface area contributed by atoms with Gasteiger partial charge in [0.15, 0.2) is 11.6 Å². The normalized spacial score (nSPS) is 22.5. The lowest BCUT2D eigenvalue weighted by Crippen LogP contribution is -2.45. The lowest BCUT2D eigenvalue weighted by atomic mass is 9.88. The smallest absolute Gasteiger partial charge is 0.165 e. The Morgan fingerprint density at radius 1 is 1.27 bits per heavy atom. The van der Waals surface area contributed by atoms with Gasteiger partial charge in [0.2, 0.25) is 0 Å². The topological polar surface area (TPSA) is 21.3 Å². The fraction of sp³-hybridized carbons (Fsp3) is 0.500. The number of hydrogen-bond donors (Lipinski definition) is 1. The first kappa shape index (κ1) is 9.16. The van der Waals surface area contributed by atoms with Gasteiger partial charge in [0.05, 0.1) is 0 Å². The first-order valence-corrected chi connectivity index (χ1v) is 5.46. The van der Waals surface area contributed by atoms with Crippen LogP contribution in [0.3, 0.4) is 0 Å². The van der Waals surface area contributed by atoms with Gasteiger partial charge in [-0.25, -0.2) is 4.39 Å². The van der Waals surface area contributed by atoms with Crippen molar-refractivity contribution in [3.8, 4) is 5.75 Å². The molecule has 1 spiro atoms. The van der Waals surface area contributed by atoms with Crippen LogP contribution in [0.4, 0.5) is 4.39 Å². The average Bonchev–Trinajstić information content (AvgIpc) is 2.59. The maximum atomic E-state index is 13.5. The maximum Gasteiger partial charge on any atom is 0.165 e. The van der Waals surface area contributed by atoms with Crippen molar-refractivity contribution >= 4 is 0 Å². The van der Waals surface area contributed by atoms with Crippen LogP contribution in [0.1, 0.15) is 18.4 Å². The summed E-state index contributed by atoms with van der Waals surface area (Å²) in [5.74, 6) is 0.266. The van der Waals surface area contributed by atoms with Gasteiger partial charge in [-0.3, -0.25) is 0 Å².